The van der Waals surface area contributed by atoms with Crippen LogP contribution in [0.5, 0.6) is 0 Å². The van der Waals surface area contributed by atoms with E-state index in [1.807, 2.05) is 0 Å². The normalized spacial score (nSPS) is 23.0. The molecule has 0 aromatic carbocycles. The lowest BCUT2D eigenvalue weighted by molar-refractivity contribution is -0.141. The first-order valence-electron chi connectivity index (χ1n) is 6.75. The van der Waals surface area contributed by atoms with Crippen molar-refractivity contribution in [1.29, 1.82) is 0 Å². The maximum absolute atomic E-state index is 12.3. The van der Waals surface area contributed by atoms with Gasteiger partial charge in [-0.3, -0.25) is 14.5 Å². The molecule has 4 nitrogen and oxygen atoms in total. The first-order chi connectivity index (χ1) is 8.19. The quantitative estimate of drug-likeness (QED) is 0.580. The number of hydrogen-bond donors (Lipinski definition) is 1. The van der Waals surface area contributed by atoms with Gasteiger partial charge in [-0.15, -0.1) is 0 Å². The third kappa shape index (κ3) is 2.37. The molecule has 0 unspecified atom stereocenters. The van der Waals surface area contributed by atoms with Crippen molar-refractivity contribution in [2.45, 2.75) is 45.4 Å². The molecule has 1 aliphatic carbocycles. The Labute approximate surface area is 103 Å². The van der Waals surface area contributed by atoms with E-state index in [1.54, 1.807) is 0 Å². The van der Waals surface area contributed by atoms with Gasteiger partial charge in [0.1, 0.15) is 0 Å². The van der Waals surface area contributed by atoms with Gasteiger partial charge in [0, 0.05) is 13.0 Å². The molecule has 1 spiro atoms. The van der Waals surface area contributed by atoms with Crippen LogP contribution in [0.1, 0.15) is 45.4 Å². The maximum Gasteiger partial charge on any atom is 0.235 e. The lowest BCUT2D eigenvalue weighted by Gasteiger charge is -2.20. The van der Waals surface area contributed by atoms with Crippen LogP contribution in [0, 0.1) is 5.41 Å². The SMILES string of the molecule is CCNCCCN1C(=O)CC2(CCCC2)C1=O. The zero-order valence-corrected chi connectivity index (χ0v) is 10.6. The molecule has 0 aromatic heterocycles. The number of nitrogens with one attached hydrogen (secondary N) is 1. The Morgan fingerprint density at radius 1 is 1.29 bits per heavy atom. The van der Waals surface area contributed by atoms with E-state index in [4.69, 9.17) is 0 Å². The van der Waals surface area contributed by atoms with E-state index < -0.39 is 0 Å². The average molecular weight is 238 g/mol. The molecule has 1 aliphatic heterocycles. The lowest BCUT2D eigenvalue weighted by atomic mass is 9.84. The maximum atomic E-state index is 12.3. The van der Waals surface area contributed by atoms with E-state index >= 15 is 0 Å². The molecule has 0 radical (unpaired) electrons. The fourth-order valence-corrected chi connectivity index (χ4v) is 3.07. The molecule has 0 bridgehead atoms. The van der Waals surface area contributed by atoms with Crippen molar-refractivity contribution in [2.24, 2.45) is 5.41 Å². The number of carbonyl (C=O) groups is 2. The van der Waals surface area contributed by atoms with Crippen LogP contribution < -0.4 is 5.32 Å². The highest BCUT2D eigenvalue weighted by Crippen LogP contribution is 2.46. The average Bonchev–Trinajstić information content (AvgIpc) is 2.85. The number of imide groups is 1. The summed E-state index contributed by atoms with van der Waals surface area (Å²) in [6, 6.07) is 0. The zero-order chi connectivity index (χ0) is 12.3. The molecule has 4 heteroatoms. The Kier molecular flexibility index (Phi) is 3.82. The molecule has 1 heterocycles. The van der Waals surface area contributed by atoms with Gasteiger partial charge in [0.05, 0.1) is 5.41 Å². The minimum atomic E-state index is -0.296. The summed E-state index contributed by atoms with van der Waals surface area (Å²) in [5, 5.41) is 3.21. The molecule has 17 heavy (non-hydrogen) atoms. The van der Waals surface area contributed by atoms with Crippen LogP contribution >= 0.6 is 0 Å². The molecule has 1 saturated carbocycles. The number of likely N-dealkylation sites (tertiary alicyclic amines) is 1. The summed E-state index contributed by atoms with van der Waals surface area (Å²) >= 11 is 0. The van der Waals surface area contributed by atoms with Crippen molar-refractivity contribution in [1.82, 2.24) is 10.2 Å². The first-order valence-corrected chi connectivity index (χ1v) is 6.75. The van der Waals surface area contributed by atoms with Gasteiger partial charge in [0.15, 0.2) is 0 Å². The van der Waals surface area contributed by atoms with Gasteiger partial charge in [0.2, 0.25) is 11.8 Å². The summed E-state index contributed by atoms with van der Waals surface area (Å²) in [6.07, 6.45) is 5.37. The monoisotopic (exact) mass is 238 g/mol. The predicted molar refractivity (Wildman–Crippen MR) is 65.4 cm³/mol. The van der Waals surface area contributed by atoms with Crippen molar-refractivity contribution in [3.63, 3.8) is 0 Å². The summed E-state index contributed by atoms with van der Waals surface area (Å²) in [4.78, 5) is 25.7. The fourth-order valence-electron chi connectivity index (χ4n) is 3.07. The van der Waals surface area contributed by atoms with Gasteiger partial charge in [-0.1, -0.05) is 19.8 Å². The van der Waals surface area contributed by atoms with Crippen molar-refractivity contribution < 1.29 is 9.59 Å². The number of rotatable bonds is 5. The molecular formula is C13H22N2O2. The molecule has 96 valence electrons. The molecule has 1 N–H and O–H groups in total. The summed E-state index contributed by atoms with van der Waals surface area (Å²) in [5.74, 6) is 0.157. The van der Waals surface area contributed by atoms with Gasteiger partial charge in [-0.25, -0.2) is 0 Å². The van der Waals surface area contributed by atoms with Crippen LogP contribution in [0.3, 0.4) is 0 Å². The minimum Gasteiger partial charge on any atom is -0.317 e. The molecule has 2 amide bonds. The topological polar surface area (TPSA) is 49.4 Å². The third-order valence-electron chi connectivity index (χ3n) is 4.04. The Morgan fingerprint density at radius 2 is 2.00 bits per heavy atom. The zero-order valence-electron chi connectivity index (χ0n) is 10.6. The molecule has 0 atom stereocenters. The van der Waals surface area contributed by atoms with E-state index in [9.17, 15) is 9.59 Å². The van der Waals surface area contributed by atoms with Gasteiger partial charge >= 0.3 is 0 Å². The summed E-state index contributed by atoms with van der Waals surface area (Å²) in [7, 11) is 0. The van der Waals surface area contributed by atoms with Crippen molar-refractivity contribution in [3.05, 3.63) is 0 Å². The molecular weight excluding hydrogens is 216 g/mol. The third-order valence-corrected chi connectivity index (χ3v) is 4.04. The number of carbonyl (C=O) groups excluding carboxylic acids is 2. The Morgan fingerprint density at radius 3 is 2.65 bits per heavy atom. The molecule has 0 aromatic rings. The summed E-state index contributed by atoms with van der Waals surface area (Å²) in [6.45, 7) is 4.46. The van der Waals surface area contributed by atoms with E-state index in [-0.39, 0.29) is 17.2 Å². The van der Waals surface area contributed by atoms with Crippen LogP contribution in [-0.2, 0) is 9.59 Å². The van der Waals surface area contributed by atoms with Gasteiger partial charge in [0.25, 0.3) is 0 Å². The van der Waals surface area contributed by atoms with Gasteiger partial charge in [-0.2, -0.15) is 0 Å². The van der Waals surface area contributed by atoms with E-state index in [0.29, 0.717) is 13.0 Å². The van der Waals surface area contributed by atoms with Gasteiger partial charge < -0.3 is 5.32 Å². The van der Waals surface area contributed by atoms with Crippen LogP contribution in [0.25, 0.3) is 0 Å². The summed E-state index contributed by atoms with van der Waals surface area (Å²) in [5.41, 5.74) is -0.296. The van der Waals surface area contributed by atoms with Crippen LogP contribution in [0.2, 0.25) is 0 Å². The smallest absolute Gasteiger partial charge is 0.235 e. The van der Waals surface area contributed by atoms with Crippen molar-refractivity contribution >= 4 is 11.8 Å². The second-order valence-corrected chi connectivity index (χ2v) is 5.22. The van der Waals surface area contributed by atoms with E-state index in [0.717, 1.165) is 45.2 Å². The largest absolute Gasteiger partial charge is 0.317 e. The van der Waals surface area contributed by atoms with Crippen LogP contribution in [0.4, 0.5) is 0 Å². The highest BCUT2D eigenvalue weighted by molar-refractivity contribution is 6.06. The van der Waals surface area contributed by atoms with Crippen molar-refractivity contribution in [2.75, 3.05) is 19.6 Å². The summed E-state index contributed by atoms with van der Waals surface area (Å²) < 4.78 is 0. The Bertz CT molecular complexity index is 309. The Hall–Kier alpha value is -0.900. The molecule has 2 rings (SSSR count). The predicted octanol–water partition coefficient (Wildman–Crippen LogP) is 1.31. The fraction of sp³-hybridized carbons (Fsp3) is 0.846. The van der Waals surface area contributed by atoms with Crippen molar-refractivity contribution in [3.8, 4) is 0 Å². The number of hydrogen-bond acceptors (Lipinski definition) is 3. The molecule has 1 saturated heterocycles. The van der Waals surface area contributed by atoms with Crippen LogP contribution in [0.15, 0.2) is 0 Å². The highest BCUT2D eigenvalue weighted by Gasteiger charge is 2.52. The highest BCUT2D eigenvalue weighted by atomic mass is 16.2. The molecule has 2 fully saturated rings. The number of amides is 2. The standard InChI is InChI=1S/C13H22N2O2/c1-2-14-8-5-9-15-11(16)10-13(12(15)17)6-3-4-7-13/h14H,2-10H2,1H3. The lowest BCUT2D eigenvalue weighted by Crippen LogP contribution is -2.36. The van der Waals surface area contributed by atoms with E-state index in [2.05, 4.69) is 12.2 Å². The Balaban J connectivity index is 1.90. The van der Waals surface area contributed by atoms with Gasteiger partial charge in [-0.05, 0) is 32.4 Å². The second-order valence-electron chi connectivity index (χ2n) is 5.22. The first kappa shape index (κ1) is 12.6. The van der Waals surface area contributed by atoms with Crippen LogP contribution in [-0.4, -0.2) is 36.3 Å². The number of nitrogens with zero attached hydrogens (tertiary/aromatic N) is 1. The van der Waals surface area contributed by atoms with E-state index in [1.165, 1.54) is 4.90 Å². The minimum absolute atomic E-state index is 0.0494. The second kappa shape index (κ2) is 5.17. The molecule has 2 aliphatic rings.